The molecule has 0 amide bonds. The molecule has 0 aliphatic heterocycles. The van der Waals surface area contributed by atoms with E-state index in [1.807, 2.05) is 0 Å². The minimum Gasteiger partial charge on any atom is -0.466 e. The lowest BCUT2D eigenvalue weighted by molar-refractivity contribution is -0.144. The number of rotatable bonds is 3. The van der Waals surface area contributed by atoms with E-state index >= 15 is 0 Å². The predicted octanol–water partition coefficient (Wildman–Crippen LogP) is 0.736. The van der Waals surface area contributed by atoms with Crippen molar-refractivity contribution in [2.24, 2.45) is 5.92 Å². The van der Waals surface area contributed by atoms with E-state index in [9.17, 15) is 4.79 Å². The van der Waals surface area contributed by atoms with Crippen molar-refractivity contribution in [3.63, 3.8) is 0 Å². The van der Waals surface area contributed by atoms with Crippen LogP contribution in [0.5, 0.6) is 0 Å². The molecule has 0 radical (unpaired) electrons. The highest BCUT2D eigenvalue weighted by Gasteiger charge is 2.48. The van der Waals surface area contributed by atoms with Gasteiger partial charge in [-0.1, -0.05) is 0 Å². The van der Waals surface area contributed by atoms with Gasteiger partial charge < -0.3 is 9.15 Å². The molecule has 1 aliphatic rings. The largest absolute Gasteiger partial charge is 0.466 e. The van der Waals surface area contributed by atoms with Crippen LogP contribution in [0.1, 0.15) is 25.2 Å². The van der Waals surface area contributed by atoms with Crippen LogP contribution in [0.25, 0.3) is 0 Å². The highest BCUT2D eigenvalue weighted by atomic mass is 16.5. The molecule has 1 heterocycles. The number of hydrogen-bond donors (Lipinski definition) is 0. The Morgan fingerprint density at radius 2 is 2.69 bits per heavy atom. The lowest BCUT2D eigenvalue weighted by Crippen LogP contribution is -2.07. The van der Waals surface area contributed by atoms with Crippen LogP contribution in [0.3, 0.4) is 0 Å². The molecule has 1 fully saturated rings. The number of aromatic nitrogens is 2. The Balaban J connectivity index is 1.92. The van der Waals surface area contributed by atoms with Gasteiger partial charge in [-0.15, -0.1) is 10.2 Å². The van der Waals surface area contributed by atoms with Gasteiger partial charge in [0, 0.05) is 0 Å². The van der Waals surface area contributed by atoms with Gasteiger partial charge in [0.15, 0.2) is 0 Å². The van der Waals surface area contributed by atoms with Gasteiger partial charge in [-0.2, -0.15) is 0 Å². The number of nitrogens with zero attached hydrogens (tertiary/aromatic N) is 2. The van der Waals surface area contributed by atoms with Crippen molar-refractivity contribution in [3.05, 3.63) is 12.3 Å². The number of carbonyl (C=O) groups excluding carboxylic acids is 1. The molecule has 13 heavy (non-hydrogen) atoms. The second-order valence-corrected chi connectivity index (χ2v) is 2.98. The molecule has 70 valence electrons. The summed E-state index contributed by atoms with van der Waals surface area (Å²) >= 11 is 0. The number of ether oxygens (including phenoxy) is 1. The molecule has 5 nitrogen and oxygen atoms in total. The second kappa shape index (κ2) is 3.16. The lowest BCUT2D eigenvalue weighted by Gasteiger charge is -1.97. The SMILES string of the molecule is CCOC(=O)[C@@H]1C[C@@H]1c1nnco1. The molecular formula is C8H10N2O3. The van der Waals surface area contributed by atoms with E-state index in [2.05, 4.69) is 10.2 Å². The molecule has 0 bridgehead atoms. The first-order valence-electron chi connectivity index (χ1n) is 4.25. The number of carbonyl (C=O) groups is 1. The van der Waals surface area contributed by atoms with Crippen LogP contribution in [0.2, 0.25) is 0 Å². The third-order valence-electron chi connectivity index (χ3n) is 2.07. The molecule has 5 heteroatoms. The van der Waals surface area contributed by atoms with Crippen molar-refractivity contribution >= 4 is 5.97 Å². The zero-order valence-corrected chi connectivity index (χ0v) is 7.27. The summed E-state index contributed by atoms with van der Waals surface area (Å²) in [5, 5.41) is 7.30. The Kier molecular flexibility index (Phi) is 2.00. The standard InChI is InChI=1S/C8H10N2O3/c1-2-12-8(11)6-3-5(6)7-10-9-4-13-7/h4-6H,2-3H2,1H3/t5-,6+/m0/s1. The maximum atomic E-state index is 11.2. The molecule has 0 saturated heterocycles. The van der Waals surface area contributed by atoms with E-state index < -0.39 is 0 Å². The van der Waals surface area contributed by atoms with Crippen molar-refractivity contribution in [1.82, 2.24) is 10.2 Å². The van der Waals surface area contributed by atoms with Crippen LogP contribution in [0.4, 0.5) is 0 Å². The normalized spacial score (nSPS) is 25.6. The van der Waals surface area contributed by atoms with Gasteiger partial charge in [-0.3, -0.25) is 4.79 Å². The molecule has 0 aromatic carbocycles. The van der Waals surface area contributed by atoms with Crippen molar-refractivity contribution in [2.45, 2.75) is 19.3 Å². The molecular weight excluding hydrogens is 172 g/mol. The molecule has 2 atom stereocenters. The van der Waals surface area contributed by atoms with Gasteiger partial charge >= 0.3 is 5.97 Å². The van der Waals surface area contributed by atoms with E-state index in [4.69, 9.17) is 9.15 Å². The van der Waals surface area contributed by atoms with Crippen LogP contribution < -0.4 is 0 Å². The van der Waals surface area contributed by atoms with Gasteiger partial charge in [0.1, 0.15) is 0 Å². The number of esters is 1. The third-order valence-corrected chi connectivity index (χ3v) is 2.07. The molecule has 1 saturated carbocycles. The van der Waals surface area contributed by atoms with Crippen molar-refractivity contribution in [2.75, 3.05) is 6.61 Å². The topological polar surface area (TPSA) is 65.2 Å². The fourth-order valence-electron chi connectivity index (χ4n) is 1.32. The average molecular weight is 182 g/mol. The summed E-state index contributed by atoms with van der Waals surface area (Å²) < 4.78 is 9.85. The monoisotopic (exact) mass is 182 g/mol. The lowest BCUT2D eigenvalue weighted by atomic mass is 10.3. The summed E-state index contributed by atoms with van der Waals surface area (Å²) in [4.78, 5) is 11.2. The van der Waals surface area contributed by atoms with E-state index in [-0.39, 0.29) is 17.8 Å². The van der Waals surface area contributed by atoms with Gasteiger partial charge in [0.2, 0.25) is 12.3 Å². The smallest absolute Gasteiger partial charge is 0.309 e. The van der Waals surface area contributed by atoms with Crippen molar-refractivity contribution in [3.8, 4) is 0 Å². The Hall–Kier alpha value is -1.39. The zero-order valence-electron chi connectivity index (χ0n) is 7.27. The molecule has 0 unspecified atom stereocenters. The highest BCUT2D eigenvalue weighted by Crippen LogP contribution is 2.47. The van der Waals surface area contributed by atoms with Crippen LogP contribution in [0.15, 0.2) is 10.8 Å². The third kappa shape index (κ3) is 1.54. The fraction of sp³-hybridized carbons (Fsp3) is 0.625. The summed E-state index contributed by atoms with van der Waals surface area (Å²) in [6.45, 7) is 2.22. The van der Waals surface area contributed by atoms with Crippen LogP contribution >= 0.6 is 0 Å². The van der Waals surface area contributed by atoms with Gasteiger partial charge in [-0.05, 0) is 13.3 Å². The molecule has 2 rings (SSSR count). The van der Waals surface area contributed by atoms with Gasteiger partial charge in [0.05, 0.1) is 18.4 Å². The maximum Gasteiger partial charge on any atom is 0.309 e. The predicted molar refractivity (Wildman–Crippen MR) is 41.8 cm³/mol. The van der Waals surface area contributed by atoms with E-state index in [1.165, 1.54) is 6.39 Å². The Bertz CT molecular complexity index is 296. The Morgan fingerprint density at radius 1 is 1.85 bits per heavy atom. The van der Waals surface area contributed by atoms with Crippen molar-refractivity contribution in [1.29, 1.82) is 0 Å². The minimum atomic E-state index is -0.161. The summed E-state index contributed by atoms with van der Waals surface area (Å²) in [6.07, 6.45) is 2.04. The molecule has 0 spiro atoms. The molecule has 0 N–H and O–H groups in total. The summed E-state index contributed by atoms with van der Waals surface area (Å²) in [5.41, 5.74) is 0. The number of hydrogen-bond acceptors (Lipinski definition) is 5. The average Bonchev–Trinajstić information content (AvgIpc) is 2.74. The Morgan fingerprint density at radius 3 is 3.31 bits per heavy atom. The summed E-state index contributed by atoms with van der Waals surface area (Å²) in [6, 6.07) is 0. The fourth-order valence-corrected chi connectivity index (χ4v) is 1.32. The summed E-state index contributed by atoms with van der Waals surface area (Å²) in [7, 11) is 0. The first kappa shape index (κ1) is 8.22. The van der Waals surface area contributed by atoms with Crippen LogP contribution in [-0.2, 0) is 9.53 Å². The molecule has 1 aliphatic carbocycles. The van der Waals surface area contributed by atoms with Crippen LogP contribution in [-0.4, -0.2) is 22.8 Å². The highest BCUT2D eigenvalue weighted by molar-refractivity contribution is 5.76. The van der Waals surface area contributed by atoms with Crippen molar-refractivity contribution < 1.29 is 13.9 Å². The maximum absolute atomic E-state index is 11.2. The van der Waals surface area contributed by atoms with E-state index in [1.54, 1.807) is 6.92 Å². The van der Waals surface area contributed by atoms with Gasteiger partial charge in [-0.25, -0.2) is 0 Å². The van der Waals surface area contributed by atoms with E-state index in [0.29, 0.717) is 12.5 Å². The van der Waals surface area contributed by atoms with Gasteiger partial charge in [0.25, 0.3) is 0 Å². The Labute approximate surface area is 75.1 Å². The zero-order chi connectivity index (χ0) is 9.26. The second-order valence-electron chi connectivity index (χ2n) is 2.98. The van der Waals surface area contributed by atoms with Crippen LogP contribution in [0, 0.1) is 5.92 Å². The first-order valence-corrected chi connectivity index (χ1v) is 4.25. The molecule has 1 aromatic heterocycles. The minimum absolute atomic E-state index is 0.0691. The molecule has 1 aromatic rings. The van der Waals surface area contributed by atoms with E-state index in [0.717, 1.165) is 6.42 Å². The first-order chi connectivity index (χ1) is 6.33. The quantitative estimate of drug-likeness (QED) is 0.645. The summed E-state index contributed by atoms with van der Waals surface area (Å²) in [5.74, 6) is 0.394.